The lowest BCUT2D eigenvalue weighted by Crippen LogP contribution is -2.22. The van der Waals surface area contributed by atoms with Crippen molar-refractivity contribution in [2.75, 3.05) is 11.4 Å². The first-order valence-electron chi connectivity index (χ1n) is 7.66. The fourth-order valence-corrected chi connectivity index (χ4v) is 3.74. The van der Waals surface area contributed by atoms with Crippen LogP contribution in [0.2, 0.25) is 0 Å². The van der Waals surface area contributed by atoms with Gasteiger partial charge in [0.2, 0.25) is 5.95 Å². The minimum Gasteiger partial charge on any atom is -0.346 e. The van der Waals surface area contributed by atoms with Crippen LogP contribution in [-0.4, -0.2) is 27.4 Å². The van der Waals surface area contributed by atoms with Gasteiger partial charge in [-0.1, -0.05) is 6.07 Å². The first-order chi connectivity index (χ1) is 11.8. The van der Waals surface area contributed by atoms with Crippen LogP contribution < -0.4 is 10.2 Å². The molecule has 4 heterocycles. The van der Waals surface area contributed by atoms with Gasteiger partial charge in [-0.15, -0.1) is 11.3 Å². The molecule has 1 aliphatic rings. The molecule has 0 bridgehead atoms. The van der Waals surface area contributed by atoms with E-state index in [0.29, 0.717) is 17.4 Å². The van der Waals surface area contributed by atoms with Crippen LogP contribution in [0.5, 0.6) is 0 Å². The van der Waals surface area contributed by atoms with E-state index in [1.807, 2.05) is 24.3 Å². The summed E-state index contributed by atoms with van der Waals surface area (Å²) in [4.78, 5) is 29.2. The molecule has 24 heavy (non-hydrogen) atoms. The molecule has 3 aromatic heterocycles. The van der Waals surface area contributed by atoms with Crippen molar-refractivity contribution < 1.29 is 4.79 Å². The summed E-state index contributed by atoms with van der Waals surface area (Å²) in [5, 5.41) is 2.92. The standard InChI is InChI=1S/C17H15N5OS/c23-16(21-11-12-4-1-2-6-18-12)15-10-13-14(24-15)5-9-22(13)17-19-7-3-8-20-17/h1-4,6-8,10H,5,9,11H2,(H,21,23). The van der Waals surface area contributed by atoms with Gasteiger partial charge in [0.15, 0.2) is 0 Å². The van der Waals surface area contributed by atoms with Gasteiger partial charge in [-0.05, 0) is 24.3 Å². The number of nitrogens with zero attached hydrogens (tertiary/aromatic N) is 4. The van der Waals surface area contributed by atoms with Crippen LogP contribution in [0.25, 0.3) is 0 Å². The first kappa shape index (κ1) is 14.8. The Morgan fingerprint density at radius 1 is 1.17 bits per heavy atom. The van der Waals surface area contributed by atoms with E-state index in [2.05, 4.69) is 25.2 Å². The van der Waals surface area contributed by atoms with Gasteiger partial charge < -0.3 is 10.2 Å². The highest BCUT2D eigenvalue weighted by Crippen LogP contribution is 2.38. The van der Waals surface area contributed by atoms with Gasteiger partial charge in [0.25, 0.3) is 5.91 Å². The number of hydrogen-bond donors (Lipinski definition) is 1. The van der Waals surface area contributed by atoms with Crippen molar-refractivity contribution in [3.63, 3.8) is 0 Å². The topological polar surface area (TPSA) is 71.0 Å². The molecule has 0 spiro atoms. The summed E-state index contributed by atoms with van der Waals surface area (Å²) in [6.45, 7) is 1.27. The predicted molar refractivity (Wildman–Crippen MR) is 92.5 cm³/mol. The maximum absolute atomic E-state index is 12.4. The Bertz CT molecular complexity index is 850. The van der Waals surface area contributed by atoms with Crippen molar-refractivity contribution in [2.45, 2.75) is 13.0 Å². The summed E-state index contributed by atoms with van der Waals surface area (Å²) in [5.41, 5.74) is 1.88. The molecule has 7 heteroatoms. The minimum absolute atomic E-state index is 0.0750. The lowest BCUT2D eigenvalue weighted by molar-refractivity contribution is 0.0954. The van der Waals surface area contributed by atoms with Gasteiger partial charge in [-0.2, -0.15) is 0 Å². The van der Waals surface area contributed by atoms with Gasteiger partial charge >= 0.3 is 0 Å². The zero-order chi connectivity index (χ0) is 16.4. The number of thiophene rings is 1. The second-order valence-electron chi connectivity index (χ2n) is 5.37. The van der Waals surface area contributed by atoms with E-state index in [9.17, 15) is 4.79 Å². The van der Waals surface area contributed by atoms with Crippen LogP contribution in [-0.2, 0) is 13.0 Å². The maximum Gasteiger partial charge on any atom is 0.261 e. The third kappa shape index (κ3) is 2.85. The van der Waals surface area contributed by atoms with Crippen molar-refractivity contribution in [1.29, 1.82) is 0 Å². The molecule has 1 N–H and O–H groups in total. The average Bonchev–Trinajstić information content (AvgIpc) is 3.22. The molecule has 0 saturated heterocycles. The SMILES string of the molecule is O=C(NCc1ccccn1)c1cc2c(s1)CCN2c1ncccn1. The van der Waals surface area contributed by atoms with Gasteiger partial charge in [0.05, 0.1) is 22.8 Å². The number of nitrogens with one attached hydrogen (secondary N) is 1. The normalized spacial score (nSPS) is 12.9. The van der Waals surface area contributed by atoms with E-state index in [1.54, 1.807) is 24.7 Å². The van der Waals surface area contributed by atoms with Crippen LogP contribution in [0, 0.1) is 0 Å². The highest BCUT2D eigenvalue weighted by atomic mass is 32.1. The third-order valence-corrected chi connectivity index (χ3v) is 5.00. The molecule has 0 atom stereocenters. The second kappa shape index (κ2) is 6.37. The Kier molecular flexibility index (Phi) is 3.92. The number of fused-ring (bicyclic) bond motifs is 1. The van der Waals surface area contributed by atoms with Crippen LogP contribution >= 0.6 is 11.3 Å². The van der Waals surface area contributed by atoms with Gasteiger partial charge in [-0.25, -0.2) is 9.97 Å². The molecule has 120 valence electrons. The van der Waals surface area contributed by atoms with E-state index >= 15 is 0 Å². The highest BCUT2D eigenvalue weighted by Gasteiger charge is 2.26. The number of hydrogen-bond acceptors (Lipinski definition) is 6. The molecule has 0 aliphatic carbocycles. The second-order valence-corrected chi connectivity index (χ2v) is 6.51. The summed E-state index contributed by atoms with van der Waals surface area (Å²) in [6, 6.07) is 9.38. The molecule has 3 aromatic rings. The summed E-state index contributed by atoms with van der Waals surface area (Å²) < 4.78 is 0. The molecule has 0 radical (unpaired) electrons. The summed E-state index contributed by atoms with van der Waals surface area (Å²) in [6.07, 6.45) is 6.09. The van der Waals surface area contributed by atoms with E-state index in [-0.39, 0.29) is 5.91 Å². The molecule has 0 fully saturated rings. The molecule has 4 rings (SSSR count). The van der Waals surface area contributed by atoms with E-state index < -0.39 is 0 Å². The molecule has 0 aromatic carbocycles. The number of anilines is 2. The molecule has 0 saturated carbocycles. The minimum atomic E-state index is -0.0750. The number of carbonyl (C=O) groups is 1. The monoisotopic (exact) mass is 337 g/mol. The van der Waals surface area contributed by atoms with Crippen LogP contribution in [0.4, 0.5) is 11.6 Å². The van der Waals surface area contributed by atoms with Gasteiger partial charge in [0.1, 0.15) is 0 Å². The molecule has 0 unspecified atom stereocenters. The number of rotatable bonds is 4. The fourth-order valence-electron chi connectivity index (χ4n) is 2.67. The molecule has 1 amide bonds. The Hall–Kier alpha value is -2.80. The Morgan fingerprint density at radius 3 is 2.79 bits per heavy atom. The zero-order valence-electron chi connectivity index (χ0n) is 12.8. The summed E-state index contributed by atoms with van der Waals surface area (Å²) in [7, 11) is 0. The van der Waals surface area contributed by atoms with Crippen molar-refractivity contribution in [1.82, 2.24) is 20.3 Å². The van der Waals surface area contributed by atoms with Crippen LogP contribution in [0.15, 0.2) is 48.9 Å². The Labute approximate surface area is 143 Å². The number of carbonyl (C=O) groups excluding carboxylic acids is 1. The lowest BCUT2D eigenvalue weighted by atomic mass is 10.3. The van der Waals surface area contributed by atoms with Gasteiger partial charge in [0, 0.05) is 36.4 Å². The van der Waals surface area contributed by atoms with E-state index in [1.165, 1.54) is 16.2 Å². The maximum atomic E-state index is 12.4. The van der Waals surface area contributed by atoms with Crippen molar-refractivity contribution >= 4 is 28.9 Å². The molecular formula is C17H15N5OS. The first-order valence-corrected chi connectivity index (χ1v) is 8.48. The highest BCUT2D eigenvalue weighted by molar-refractivity contribution is 7.14. The lowest BCUT2D eigenvalue weighted by Gasteiger charge is -2.15. The van der Waals surface area contributed by atoms with Crippen LogP contribution in [0.1, 0.15) is 20.2 Å². The molecular weight excluding hydrogens is 322 g/mol. The predicted octanol–water partition coefficient (Wildman–Crippen LogP) is 2.56. The molecule has 6 nitrogen and oxygen atoms in total. The molecule has 1 aliphatic heterocycles. The third-order valence-electron chi connectivity index (χ3n) is 3.81. The fraction of sp³-hybridized carbons (Fsp3) is 0.176. The summed E-state index contributed by atoms with van der Waals surface area (Å²) >= 11 is 1.53. The Balaban J connectivity index is 1.49. The van der Waals surface area contributed by atoms with Crippen molar-refractivity contribution in [2.24, 2.45) is 0 Å². The van der Waals surface area contributed by atoms with E-state index in [0.717, 1.165) is 24.3 Å². The quantitative estimate of drug-likeness (QED) is 0.792. The number of pyridine rings is 1. The number of aromatic nitrogens is 3. The average molecular weight is 337 g/mol. The van der Waals surface area contributed by atoms with E-state index in [4.69, 9.17) is 0 Å². The summed E-state index contributed by atoms with van der Waals surface area (Å²) in [5.74, 6) is 0.600. The number of amides is 1. The largest absolute Gasteiger partial charge is 0.346 e. The van der Waals surface area contributed by atoms with Crippen molar-refractivity contribution in [3.05, 3.63) is 64.4 Å². The zero-order valence-corrected chi connectivity index (χ0v) is 13.7. The Morgan fingerprint density at radius 2 is 2.00 bits per heavy atom. The smallest absolute Gasteiger partial charge is 0.261 e. The van der Waals surface area contributed by atoms with Gasteiger partial charge in [-0.3, -0.25) is 9.78 Å². The van der Waals surface area contributed by atoms with Crippen LogP contribution in [0.3, 0.4) is 0 Å². The van der Waals surface area contributed by atoms with Crippen molar-refractivity contribution in [3.8, 4) is 0 Å².